The number of pyridine rings is 1. The van der Waals surface area contributed by atoms with Crippen LogP contribution in [-0.4, -0.2) is 14.5 Å². The van der Waals surface area contributed by atoms with E-state index < -0.39 is 0 Å². The second-order valence-electron chi connectivity index (χ2n) is 3.66. The summed E-state index contributed by atoms with van der Waals surface area (Å²) in [6.07, 6.45) is 6.32. The zero-order chi connectivity index (χ0) is 12.1. The molecule has 0 amide bonds. The fourth-order valence-electron chi connectivity index (χ4n) is 1.54. The van der Waals surface area contributed by atoms with Gasteiger partial charge in [-0.25, -0.2) is 9.97 Å². The molecule has 90 valence electrons. The average molecular weight is 252 g/mol. The minimum atomic E-state index is 0.383. The topological polar surface area (TPSA) is 39.9 Å². The summed E-state index contributed by atoms with van der Waals surface area (Å²) < 4.78 is 7.69. The molecule has 2 aromatic heterocycles. The first-order chi connectivity index (χ1) is 8.31. The summed E-state index contributed by atoms with van der Waals surface area (Å²) in [5.74, 6) is 0.596. The predicted molar refractivity (Wildman–Crippen MR) is 66.1 cm³/mol. The van der Waals surface area contributed by atoms with Crippen molar-refractivity contribution < 1.29 is 4.74 Å². The highest BCUT2D eigenvalue weighted by atomic mass is 35.5. The van der Waals surface area contributed by atoms with Gasteiger partial charge in [-0.15, -0.1) is 0 Å². The summed E-state index contributed by atoms with van der Waals surface area (Å²) in [6, 6.07) is 3.60. The molecule has 0 aliphatic rings. The van der Waals surface area contributed by atoms with Gasteiger partial charge in [-0.1, -0.05) is 18.5 Å². The number of hydrogen-bond acceptors (Lipinski definition) is 3. The number of imidazole rings is 1. The van der Waals surface area contributed by atoms with E-state index in [1.54, 1.807) is 24.5 Å². The minimum absolute atomic E-state index is 0.383. The summed E-state index contributed by atoms with van der Waals surface area (Å²) in [7, 11) is 0. The molecule has 0 spiro atoms. The first-order valence-electron chi connectivity index (χ1n) is 5.53. The van der Waals surface area contributed by atoms with E-state index in [9.17, 15) is 0 Å². The van der Waals surface area contributed by atoms with Crippen molar-refractivity contribution in [3.63, 3.8) is 0 Å². The molecule has 0 N–H and O–H groups in total. The first-order valence-corrected chi connectivity index (χ1v) is 5.91. The number of rotatable bonds is 5. The van der Waals surface area contributed by atoms with Crippen molar-refractivity contribution in [3.05, 3.63) is 41.7 Å². The van der Waals surface area contributed by atoms with Crippen molar-refractivity contribution in [1.29, 1.82) is 0 Å². The highest BCUT2D eigenvalue weighted by molar-refractivity contribution is 6.30. The summed E-state index contributed by atoms with van der Waals surface area (Å²) in [6.45, 7) is 3.52. The number of ether oxygens (including phenoxy) is 1. The van der Waals surface area contributed by atoms with E-state index in [1.807, 2.05) is 6.33 Å². The third-order valence-corrected chi connectivity index (χ3v) is 2.65. The molecule has 17 heavy (non-hydrogen) atoms. The molecule has 0 bridgehead atoms. The van der Waals surface area contributed by atoms with E-state index in [0.717, 1.165) is 18.7 Å². The Bertz CT molecular complexity index is 484. The van der Waals surface area contributed by atoms with Gasteiger partial charge in [0.2, 0.25) is 0 Å². The zero-order valence-electron chi connectivity index (χ0n) is 9.64. The van der Waals surface area contributed by atoms with Crippen LogP contribution in [0.2, 0.25) is 5.15 Å². The number of halogens is 1. The van der Waals surface area contributed by atoms with Crippen molar-refractivity contribution in [3.8, 4) is 5.75 Å². The van der Waals surface area contributed by atoms with Gasteiger partial charge in [-0.2, -0.15) is 0 Å². The van der Waals surface area contributed by atoms with Crippen molar-refractivity contribution >= 4 is 11.6 Å². The maximum atomic E-state index is 5.91. The van der Waals surface area contributed by atoms with Crippen molar-refractivity contribution in [2.75, 3.05) is 0 Å². The van der Waals surface area contributed by atoms with Crippen LogP contribution in [0.15, 0.2) is 30.9 Å². The first kappa shape index (κ1) is 11.9. The third-order valence-electron chi connectivity index (χ3n) is 2.36. The standard InChI is InChI=1S/C12H14ClN3O/c1-2-6-16-9-14-7-10(16)8-17-11-4-3-5-15-12(11)13/h3-5,7,9H,2,6,8H2,1H3. The maximum Gasteiger partial charge on any atom is 0.171 e. The second kappa shape index (κ2) is 5.68. The Labute approximate surface area is 105 Å². The van der Waals surface area contributed by atoms with Crippen LogP contribution in [0.3, 0.4) is 0 Å². The number of aryl methyl sites for hydroxylation is 1. The fourth-order valence-corrected chi connectivity index (χ4v) is 1.72. The van der Waals surface area contributed by atoms with Crippen LogP contribution in [0.5, 0.6) is 5.75 Å². The number of aromatic nitrogens is 3. The van der Waals surface area contributed by atoms with Gasteiger partial charge in [0.15, 0.2) is 10.9 Å². The molecular formula is C12H14ClN3O. The summed E-state index contributed by atoms with van der Waals surface area (Å²) in [5.41, 5.74) is 1.03. The monoisotopic (exact) mass is 251 g/mol. The molecule has 0 radical (unpaired) electrons. The van der Waals surface area contributed by atoms with E-state index in [1.165, 1.54) is 0 Å². The van der Waals surface area contributed by atoms with Gasteiger partial charge in [-0.05, 0) is 18.6 Å². The molecule has 4 nitrogen and oxygen atoms in total. The highest BCUT2D eigenvalue weighted by Crippen LogP contribution is 2.21. The molecule has 0 unspecified atom stereocenters. The van der Waals surface area contributed by atoms with Crippen molar-refractivity contribution in [2.24, 2.45) is 0 Å². The van der Waals surface area contributed by atoms with Gasteiger partial charge < -0.3 is 9.30 Å². The molecule has 0 saturated heterocycles. The Morgan fingerprint density at radius 2 is 2.35 bits per heavy atom. The summed E-state index contributed by atoms with van der Waals surface area (Å²) in [4.78, 5) is 8.07. The molecule has 2 heterocycles. The Morgan fingerprint density at radius 1 is 1.47 bits per heavy atom. The van der Waals surface area contributed by atoms with E-state index in [0.29, 0.717) is 17.5 Å². The summed E-state index contributed by atoms with van der Waals surface area (Å²) in [5, 5.41) is 0.383. The van der Waals surface area contributed by atoms with Crippen LogP contribution in [0.1, 0.15) is 19.0 Å². The average Bonchev–Trinajstić information content (AvgIpc) is 2.76. The Balaban J connectivity index is 2.02. The van der Waals surface area contributed by atoms with Crippen LogP contribution in [0.25, 0.3) is 0 Å². The zero-order valence-corrected chi connectivity index (χ0v) is 10.4. The van der Waals surface area contributed by atoms with Crippen LogP contribution < -0.4 is 4.74 Å². The molecule has 5 heteroatoms. The molecule has 0 aromatic carbocycles. The highest BCUT2D eigenvalue weighted by Gasteiger charge is 2.05. The molecule has 2 aromatic rings. The van der Waals surface area contributed by atoms with Gasteiger partial charge in [0.05, 0.1) is 18.2 Å². The lowest BCUT2D eigenvalue weighted by Gasteiger charge is -2.09. The second-order valence-corrected chi connectivity index (χ2v) is 4.02. The van der Waals surface area contributed by atoms with Gasteiger partial charge in [0.1, 0.15) is 6.61 Å². The Kier molecular flexibility index (Phi) is 3.98. The van der Waals surface area contributed by atoms with Crippen molar-refractivity contribution in [1.82, 2.24) is 14.5 Å². The van der Waals surface area contributed by atoms with Crippen LogP contribution >= 0.6 is 11.6 Å². The van der Waals surface area contributed by atoms with E-state index >= 15 is 0 Å². The van der Waals surface area contributed by atoms with Gasteiger partial charge in [0, 0.05) is 12.7 Å². The van der Waals surface area contributed by atoms with Crippen LogP contribution in [0, 0.1) is 0 Å². The molecular weight excluding hydrogens is 238 g/mol. The van der Waals surface area contributed by atoms with Crippen LogP contribution in [-0.2, 0) is 13.2 Å². The van der Waals surface area contributed by atoms with Crippen LogP contribution in [0.4, 0.5) is 0 Å². The van der Waals surface area contributed by atoms with Crippen molar-refractivity contribution in [2.45, 2.75) is 26.5 Å². The molecule has 0 aliphatic heterocycles. The molecule has 0 atom stereocenters. The van der Waals surface area contributed by atoms with E-state index in [4.69, 9.17) is 16.3 Å². The summed E-state index contributed by atoms with van der Waals surface area (Å²) >= 11 is 5.91. The lowest BCUT2D eigenvalue weighted by atomic mass is 10.4. The van der Waals surface area contributed by atoms with Gasteiger partial charge >= 0.3 is 0 Å². The lowest BCUT2D eigenvalue weighted by Crippen LogP contribution is -2.05. The molecule has 2 rings (SSSR count). The van der Waals surface area contributed by atoms with Gasteiger partial charge in [-0.3, -0.25) is 0 Å². The lowest BCUT2D eigenvalue weighted by molar-refractivity contribution is 0.293. The predicted octanol–water partition coefficient (Wildman–Crippen LogP) is 2.92. The molecule has 0 aliphatic carbocycles. The van der Waals surface area contributed by atoms with Gasteiger partial charge in [0.25, 0.3) is 0 Å². The SMILES string of the molecule is CCCn1cncc1COc1cccnc1Cl. The Hall–Kier alpha value is -1.55. The minimum Gasteiger partial charge on any atom is -0.484 e. The van der Waals surface area contributed by atoms with E-state index in [2.05, 4.69) is 21.5 Å². The smallest absolute Gasteiger partial charge is 0.171 e. The molecule has 0 fully saturated rings. The van der Waals surface area contributed by atoms with E-state index in [-0.39, 0.29) is 0 Å². The third kappa shape index (κ3) is 2.97. The normalized spacial score (nSPS) is 10.5. The fraction of sp³-hybridized carbons (Fsp3) is 0.333. The largest absolute Gasteiger partial charge is 0.484 e. The molecule has 0 saturated carbocycles. The quantitative estimate of drug-likeness (QED) is 0.767. The Morgan fingerprint density at radius 3 is 3.12 bits per heavy atom. The number of hydrogen-bond donors (Lipinski definition) is 0. The number of nitrogens with zero attached hydrogens (tertiary/aromatic N) is 3. The maximum absolute atomic E-state index is 5.91.